The fraction of sp³-hybridized carbons (Fsp3) is 0.529. The van der Waals surface area contributed by atoms with E-state index >= 15 is 0 Å². The van der Waals surface area contributed by atoms with Gasteiger partial charge in [0, 0.05) is 20.1 Å². The zero-order chi connectivity index (χ0) is 17.1. The van der Waals surface area contributed by atoms with Gasteiger partial charge in [0.2, 0.25) is 0 Å². The molecule has 2 rings (SSSR count). The van der Waals surface area contributed by atoms with E-state index in [4.69, 9.17) is 9.47 Å². The molecule has 6 nitrogen and oxygen atoms in total. The van der Waals surface area contributed by atoms with Crippen LogP contribution in [0, 0.1) is 20.8 Å². The molecule has 0 aliphatic carbocycles. The summed E-state index contributed by atoms with van der Waals surface area (Å²) in [5.74, 6) is -0.671. The van der Waals surface area contributed by atoms with E-state index in [1.165, 1.54) is 12.0 Å². The van der Waals surface area contributed by atoms with Crippen LogP contribution in [0.5, 0.6) is 5.75 Å². The monoisotopic (exact) mass is 321 g/mol. The second-order valence-electron chi connectivity index (χ2n) is 6.01. The maximum atomic E-state index is 12.4. The van der Waals surface area contributed by atoms with Crippen LogP contribution in [0.15, 0.2) is 12.1 Å². The number of carbonyl (C=O) groups is 2. The van der Waals surface area contributed by atoms with E-state index in [1.807, 2.05) is 32.9 Å². The molecule has 0 radical (unpaired) electrons. The molecule has 1 aromatic rings. The molecule has 1 N–H and O–H groups in total. The number of hydrogen-bond donors (Lipinski definition) is 1. The van der Waals surface area contributed by atoms with E-state index in [-0.39, 0.29) is 25.2 Å². The van der Waals surface area contributed by atoms with Gasteiger partial charge in [-0.25, -0.2) is 4.79 Å². The van der Waals surface area contributed by atoms with E-state index in [9.17, 15) is 14.7 Å². The van der Waals surface area contributed by atoms with Crippen molar-refractivity contribution in [2.24, 2.45) is 0 Å². The van der Waals surface area contributed by atoms with Gasteiger partial charge in [-0.15, -0.1) is 0 Å². The minimum atomic E-state index is -1.01. The van der Waals surface area contributed by atoms with Crippen molar-refractivity contribution < 1.29 is 24.2 Å². The lowest BCUT2D eigenvalue weighted by atomic mass is 10.1. The highest BCUT2D eigenvalue weighted by Crippen LogP contribution is 2.25. The molecule has 6 heteroatoms. The second-order valence-corrected chi connectivity index (χ2v) is 6.01. The Bertz CT molecular complexity index is 590. The average Bonchev–Trinajstić information content (AvgIpc) is 2.90. The van der Waals surface area contributed by atoms with Gasteiger partial charge >= 0.3 is 5.97 Å². The number of rotatable bonds is 5. The third-order valence-electron chi connectivity index (χ3n) is 4.15. The number of hydrogen-bond acceptors (Lipinski definition) is 4. The maximum absolute atomic E-state index is 12.4. The van der Waals surface area contributed by atoms with Crippen LogP contribution in [0.2, 0.25) is 0 Å². The molecule has 23 heavy (non-hydrogen) atoms. The van der Waals surface area contributed by atoms with Crippen molar-refractivity contribution >= 4 is 11.9 Å². The molecule has 1 fully saturated rings. The lowest BCUT2D eigenvalue weighted by molar-refractivity contribution is -0.149. The molecule has 0 saturated carbocycles. The predicted molar refractivity (Wildman–Crippen MR) is 84.7 cm³/mol. The summed E-state index contributed by atoms with van der Waals surface area (Å²) in [5, 5.41) is 9.26. The highest BCUT2D eigenvalue weighted by atomic mass is 16.5. The average molecular weight is 321 g/mol. The van der Waals surface area contributed by atoms with E-state index < -0.39 is 12.0 Å². The second kappa shape index (κ2) is 7.00. The van der Waals surface area contributed by atoms with Crippen molar-refractivity contribution in [1.29, 1.82) is 0 Å². The minimum Gasteiger partial charge on any atom is -0.483 e. The molecule has 2 atom stereocenters. The summed E-state index contributed by atoms with van der Waals surface area (Å²) in [6.07, 6.45) is 0.0584. The highest BCUT2D eigenvalue weighted by molar-refractivity contribution is 5.85. The topological polar surface area (TPSA) is 76.1 Å². The Morgan fingerprint density at radius 1 is 1.26 bits per heavy atom. The third-order valence-corrected chi connectivity index (χ3v) is 4.15. The van der Waals surface area contributed by atoms with Crippen molar-refractivity contribution in [2.75, 3.05) is 20.3 Å². The van der Waals surface area contributed by atoms with E-state index in [0.29, 0.717) is 12.2 Å². The van der Waals surface area contributed by atoms with E-state index in [0.717, 1.165) is 16.7 Å². The fourth-order valence-corrected chi connectivity index (χ4v) is 3.09. The first-order valence-corrected chi connectivity index (χ1v) is 7.59. The molecule has 126 valence electrons. The first-order chi connectivity index (χ1) is 10.8. The Kier molecular flexibility index (Phi) is 5.26. The standard InChI is InChI=1S/C17H23NO5/c1-10-5-11(2)16(12(3)6-10)23-9-15(19)18-8-13(22-4)7-14(18)17(20)21/h5-6,13-14H,7-9H2,1-4H3,(H,20,21). The van der Waals surface area contributed by atoms with Crippen LogP contribution in [0.1, 0.15) is 23.1 Å². The fourth-order valence-electron chi connectivity index (χ4n) is 3.09. The summed E-state index contributed by atoms with van der Waals surface area (Å²) in [4.78, 5) is 25.0. The van der Waals surface area contributed by atoms with Gasteiger partial charge in [0.25, 0.3) is 5.91 Å². The van der Waals surface area contributed by atoms with Crippen molar-refractivity contribution in [3.8, 4) is 5.75 Å². The molecule has 1 aliphatic rings. The van der Waals surface area contributed by atoms with Crippen molar-refractivity contribution in [3.63, 3.8) is 0 Å². The van der Waals surface area contributed by atoms with Crippen molar-refractivity contribution in [3.05, 3.63) is 28.8 Å². The van der Waals surface area contributed by atoms with Crippen molar-refractivity contribution in [2.45, 2.75) is 39.3 Å². The zero-order valence-electron chi connectivity index (χ0n) is 14.0. The van der Waals surface area contributed by atoms with Gasteiger partial charge in [-0.3, -0.25) is 4.79 Å². The molecule has 1 heterocycles. The molecule has 0 aromatic heterocycles. The Morgan fingerprint density at radius 3 is 2.39 bits per heavy atom. The van der Waals surface area contributed by atoms with Gasteiger partial charge in [0.1, 0.15) is 11.8 Å². The zero-order valence-corrected chi connectivity index (χ0v) is 14.0. The number of benzene rings is 1. The molecule has 1 aliphatic heterocycles. The smallest absolute Gasteiger partial charge is 0.326 e. The SMILES string of the molecule is COC1CC(C(=O)O)N(C(=O)COc2c(C)cc(C)cc2C)C1. The van der Waals surface area contributed by atoms with Crippen LogP contribution in [-0.2, 0) is 14.3 Å². The Labute approximate surface area is 136 Å². The van der Waals surface area contributed by atoms with E-state index in [1.54, 1.807) is 0 Å². The summed E-state index contributed by atoms with van der Waals surface area (Å²) in [6.45, 7) is 5.96. The summed E-state index contributed by atoms with van der Waals surface area (Å²) in [6, 6.07) is 3.13. The Hall–Kier alpha value is -2.08. The highest BCUT2D eigenvalue weighted by Gasteiger charge is 2.39. The van der Waals surface area contributed by atoms with Crippen molar-refractivity contribution in [1.82, 2.24) is 4.90 Å². The minimum absolute atomic E-state index is 0.176. The van der Waals surface area contributed by atoms with Gasteiger partial charge in [-0.05, 0) is 31.9 Å². The molecule has 1 aromatic carbocycles. The summed E-state index contributed by atoms with van der Waals surface area (Å²) >= 11 is 0. The predicted octanol–water partition coefficient (Wildman–Crippen LogP) is 1.69. The van der Waals surface area contributed by atoms with Gasteiger partial charge in [0.15, 0.2) is 6.61 Å². The number of methoxy groups -OCH3 is 1. The quantitative estimate of drug-likeness (QED) is 0.893. The number of likely N-dealkylation sites (tertiary alicyclic amines) is 1. The molecule has 0 bridgehead atoms. The normalized spacial score (nSPS) is 20.6. The number of amides is 1. The lowest BCUT2D eigenvalue weighted by Gasteiger charge is -2.22. The number of ether oxygens (including phenoxy) is 2. The first kappa shape index (κ1) is 17.3. The Morgan fingerprint density at radius 2 is 1.87 bits per heavy atom. The van der Waals surface area contributed by atoms with E-state index in [2.05, 4.69) is 0 Å². The molecule has 1 saturated heterocycles. The van der Waals surface area contributed by atoms with Gasteiger partial charge in [-0.1, -0.05) is 17.7 Å². The molecular formula is C17H23NO5. The number of aryl methyl sites for hydroxylation is 3. The van der Waals surface area contributed by atoms with Crippen LogP contribution in [0.4, 0.5) is 0 Å². The lowest BCUT2D eigenvalue weighted by Crippen LogP contribution is -2.43. The van der Waals surface area contributed by atoms with Gasteiger partial charge < -0.3 is 19.5 Å². The number of carboxylic acid groups (broad SMARTS) is 1. The Balaban J connectivity index is 2.06. The number of nitrogens with zero attached hydrogens (tertiary/aromatic N) is 1. The summed E-state index contributed by atoms with van der Waals surface area (Å²) < 4.78 is 10.9. The summed E-state index contributed by atoms with van der Waals surface area (Å²) in [5.41, 5.74) is 3.05. The largest absolute Gasteiger partial charge is 0.483 e. The van der Waals surface area contributed by atoms with Crippen LogP contribution in [-0.4, -0.2) is 54.3 Å². The number of aliphatic carboxylic acids is 1. The molecule has 0 spiro atoms. The maximum Gasteiger partial charge on any atom is 0.326 e. The number of carbonyl (C=O) groups excluding carboxylic acids is 1. The van der Waals surface area contributed by atoms with Crippen LogP contribution in [0.3, 0.4) is 0 Å². The molecular weight excluding hydrogens is 298 g/mol. The number of carboxylic acids is 1. The molecule has 1 amide bonds. The summed E-state index contributed by atoms with van der Waals surface area (Å²) in [7, 11) is 1.52. The third kappa shape index (κ3) is 3.82. The van der Waals surface area contributed by atoms with Crippen LogP contribution in [0.25, 0.3) is 0 Å². The van der Waals surface area contributed by atoms with Gasteiger partial charge in [0.05, 0.1) is 6.10 Å². The van der Waals surface area contributed by atoms with Crippen LogP contribution >= 0.6 is 0 Å². The first-order valence-electron chi connectivity index (χ1n) is 7.59. The van der Waals surface area contributed by atoms with Crippen LogP contribution < -0.4 is 4.74 Å². The van der Waals surface area contributed by atoms with Gasteiger partial charge in [-0.2, -0.15) is 0 Å². The molecule has 2 unspecified atom stereocenters.